The summed E-state index contributed by atoms with van der Waals surface area (Å²) < 4.78 is 0.244. The minimum Gasteiger partial charge on any atom is 0 e. The molecule has 1 aliphatic rings. The van der Waals surface area contributed by atoms with E-state index in [1.54, 1.807) is 0 Å². The van der Waals surface area contributed by atoms with Gasteiger partial charge in [-0.25, -0.2) is 0 Å². The van der Waals surface area contributed by atoms with Crippen molar-refractivity contribution in [3.63, 3.8) is 0 Å². The molecule has 1 saturated heterocycles. The van der Waals surface area contributed by atoms with Crippen LogP contribution in [0.1, 0.15) is 24.5 Å². The summed E-state index contributed by atoms with van der Waals surface area (Å²) in [6.45, 7) is 4.53. The molecule has 0 spiro atoms. The number of nitrogens with zero attached hydrogens (tertiary/aromatic N) is 1. The molecular weight excluding hydrogens is 599 g/mol. The van der Waals surface area contributed by atoms with Crippen LogP contribution in [0.3, 0.4) is 0 Å². The number of hydrogen-bond acceptors (Lipinski definition) is 3. The SMILES string of the molecule is C[I-]C1(c2c[c-]ccc2)CCN(CC(Cc2ccccc2)C(=O)NCC(=O)O)C[C@@H]1C.[Mo]. The van der Waals surface area contributed by atoms with Gasteiger partial charge < -0.3 is 0 Å². The van der Waals surface area contributed by atoms with Crippen LogP contribution in [0.15, 0.2) is 54.6 Å². The Balaban J connectivity index is 0.00000363. The van der Waals surface area contributed by atoms with Gasteiger partial charge in [-0.05, 0) is 0 Å². The first-order valence-corrected chi connectivity index (χ1v) is 13.9. The van der Waals surface area contributed by atoms with Gasteiger partial charge in [0.2, 0.25) is 0 Å². The molecule has 3 rings (SSSR count). The molecule has 174 valence electrons. The van der Waals surface area contributed by atoms with Crippen molar-refractivity contribution in [2.45, 2.75) is 23.2 Å². The Morgan fingerprint density at radius 2 is 2.03 bits per heavy atom. The fourth-order valence-corrected chi connectivity index (χ4v) is 7.58. The second-order valence-corrected chi connectivity index (χ2v) is 11.3. The van der Waals surface area contributed by atoms with Crippen molar-refractivity contribution in [2.24, 2.45) is 11.8 Å². The normalized spacial score (nSPS) is 22.0. The number of nitrogens with one attached hydrogen (secondary N) is 1. The topological polar surface area (TPSA) is 69.6 Å². The third-order valence-electron chi connectivity index (χ3n) is 6.22. The number of carboxylic acid groups (broad SMARTS) is 1. The van der Waals surface area contributed by atoms with E-state index in [0.29, 0.717) is 18.9 Å². The largest absolute Gasteiger partial charge is 0 e. The number of carbonyl (C=O) groups is 2. The summed E-state index contributed by atoms with van der Waals surface area (Å²) in [5.74, 6) is -0.983. The van der Waals surface area contributed by atoms with Gasteiger partial charge in [-0.1, -0.05) is 0 Å². The molecule has 32 heavy (non-hydrogen) atoms. The van der Waals surface area contributed by atoms with Crippen LogP contribution in [0, 0.1) is 17.9 Å². The van der Waals surface area contributed by atoms with E-state index < -0.39 is 5.97 Å². The van der Waals surface area contributed by atoms with Crippen molar-refractivity contribution in [2.75, 3.05) is 31.1 Å². The summed E-state index contributed by atoms with van der Waals surface area (Å²) >= 11 is -0.0179. The molecule has 1 fully saturated rings. The average molecular weight is 630 g/mol. The molecule has 3 atom stereocenters. The van der Waals surface area contributed by atoms with E-state index in [0.717, 1.165) is 25.1 Å². The molecular formula is C25H31IMoN2O3-2. The van der Waals surface area contributed by atoms with Gasteiger partial charge in [0, 0.05) is 21.1 Å². The third kappa shape index (κ3) is 6.88. The quantitative estimate of drug-likeness (QED) is 0.175. The van der Waals surface area contributed by atoms with E-state index in [4.69, 9.17) is 5.11 Å². The zero-order chi connectivity index (χ0) is 22.3. The van der Waals surface area contributed by atoms with Gasteiger partial charge in [-0.2, -0.15) is 0 Å². The van der Waals surface area contributed by atoms with E-state index in [-0.39, 0.29) is 64.1 Å². The summed E-state index contributed by atoms with van der Waals surface area (Å²) in [6.07, 6.45) is 1.70. The maximum Gasteiger partial charge on any atom is 0 e. The average Bonchev–Trinajstić information content (AvgIpc) is 2.79. The second kappa shape index (κ2) is 12.9. The fraction of sp³-hybridized carbons (Fsp3) is 0.440. The Morgan fingerprint density at radius 1 is 1.28 bits per heavy atom. The Morgan fingerprint density at radius 3 is 2.62 bits per heavy atom. The number of amides is 1. The molecule has 0 aromatic heterocycles. The minimum atomic E-state index is -1.02. The molecule has 5 nitrogen and oxygen atoms in total. The summed E-state index contributed by atoms with van der Waals surface area (Å²) in [4.78, 5) is 28.5. The molecule has 2 N–H and O–H groups in total. The Hall–Kier alpha value is -1.24. The van der Waals surface area contributed by atoms with Crippen molar-refractivity contribution >= 4 is 11.9 Å². The molecule has 2 aromatic rings. The number of aliphatic carboxylic acids is 1. The molecule has 0 bridgehead atoms. The first-order valence-electron chi connectivity index (χ1n) is 10.7. The standard InChI is InChI=1S/C25H31IN2O3.Mo/c1-19-17-28(14-13-25(19,26-2)22-11-7-4-8-12-22)18-21(24(31)27-16-23(29)30)15-20-9-5-3-6-10-20;/h3-7,9-12,19,21H,13-18H2,1-2H3,(H,27,31)(H,29,30);/q-2;/t19-,21?,25?;/m0./s1. The van der Waals surface area contributed by atoms with Crippen LogP contribution in [-0.4, -0.2) is 53.0 Å². The summed E-state index contributed by atoms with van der Waals surface area (Å²) in [7, 11) is 0. The van der Waals surface area contributed by atoms with Crippen molar-refractivity contribution in [3.05, 3.63) is 71.8 Å². The van der Waals surface area contributed by atoms with Crippen LogP contribution < -0.4 is 26.5 Å². The number of carbonyl (C=O) groups excluding carboxylic acids is 1. The molecule has 0 radical (unpaired) electrons. The number of hydrogen-bond donors (Lipinski definition) is 2. The number of rotatable bonds is 9. The van der Waals surface area contributed by atoms with E-state index >= 15 is 0 Å². The monoisotopic (exact) mass is 632 g/mol. The van der Waals surface area contributed by atoms with Gasteiger partial charge in [0.25, 0.3) is 0 Å². The van der Waals surface area contributed by atoms with Crippen molar-refractivity contribution in [1.82, 2.24) is 10.2 Å². The zero-order valence-electron chi connectivity index (χ0n) is 18.6. The van der Waals surface area contributed by atoms with E-state index in [9.17, 15) is 9.59 Å². The van der Waals surface area contributed by atoms with Crippen LogP contribution in [-0.2, 0) is 40.5 Å². The molecule has 0 aliphatic carbocycles. The van der Waals surface area contributed by atoms with E-state index in [2.05, 4.69) is 46.3 Å². The summed E-state index contributed by atoms with van der Waals surface area (Å²) in [5, 5.41) is 11.6. The smallest absolute Gasteiger partial charge is 0 e. The third-order valence-corrected chi connectivity index (χ3v) is 10.4. The van der Waals surface area contributed by atoms with Crippen LogP contribution >= 0.6 is 0 Å². The van der Waals surface area contributed by atoms with Crippen LogP contribution in [0.2, 0.25) is 0 Å². The fourth-order valence-electron chi connectivity index (χ4n) is 4.58. The van der Waals surface area contributed by atoms with Crippen molar-refractivity contribution in [1.29, 1.82) is 0 Å². The first-order chi connectivity index (χ1) is 14.9. The predicted octanol–water partition coefficient (Wildman–Crippen LogP) is -0.200. The van der Waals surface area contributed by atoms with Crippen LogP contribution in [0.5, 0.6) is 0 Å². The van der Waals surface area contributed by atoms with Gasteiger partial charge in [0.1, 0.15) is 0 Å². The first kappa shape index (κ1) is 27.0. The molecule has 2 unspecified atom stereocenters. The Labute approximate surface area is 215 Å². The number of benzene rings is 2. The van der Waals surface area contributed by atoms with E-state index in [1.807, 2.05) is 36.4 Å². The molecule has 7 heteroatoms. The molecule has 0 saturated carbocycles. The zero-order valence-corrected chi connectivity index (χ0v) is 22.8. The van der Waals surface area contributed by atoms with Crippen LogP contribution in [0.25, 0.3) is 0 Å². The van der Waals surface area contributed by atoms with Crippen molar-refractivity contribution in [3.8, 4) is 0 Å². The Kier molecular flexibility index (Phi) is 10.8. The Bertz CT molecular complexity index is 868. The van der Waals surface area contributed by atoms with Gasteiger partial charge in [-0.15, -0.1) is 0 Å². The predicted molar refractivity (Wildman–Crippen MR) is 117 cm³/mol. The number of likely N-dealkylation sites (tertiary alicyclic amines) is 1. The van der Waals surface area contributed by atoms with Gasteiger partial charge in [0.15, 0.2) is 0 Å². The second-order valence-electron chi connectivity index (χ2n) is 8.25. The number of alkyl halides is 2. The molecule has 1 heterocycles. The molecule has 1 aliphatic heterocycles. The number of piperidine rings is 1. The van der Waals surface area contributed by atoms with E-state index in [1.165, 1.54) is 5.56 Å². The van der Waals surface area contributed by atoms with Crippen LogP contribution in [0.4, 0.5) is 0 Å². The molecule has 1 amide bonds. The van der Waals surface area contributed by atoms with Gasteiger partial charge in [-0.3, -0.25) is 0 Å². The molecule has 2 aromatic carbocycles. The number of halogens is 1. The van der Waals surface area contributed by atoms with Gasteiger partial charge in [0.05, 0.1) is 0 Å². The van der Waals surface area contributed by atoms with Crippen molar-refractivity contribution < 1.29 is 57.0 Å². The summed E-state index contributed by atoms with van der Waals surface area (Å²) in [6, 6.07) is 21.6. The van der Waals surface area contributed by atoms with Gasteiger partial charge >= 0.3 is 196 Å². The number of carboxylic acids is 1. The maximum absolute atomic E-state index is 12.8. The summed E-state index contributed by atoms with van der Waals surface area (Å²) in [5.41, 5.74) is 2.49. The maximum atomic E-state index is 12.8. The minimum absolute atomic E-state index is 0.